The summed E-state index contributed by atoms with van der Waals surface area (Å²) in [6.45, 7) is 1.09. The molecule has 2 fully saturated rings. The molecule has 2 aromatic carbocycles. The second-order valence-corrected chi connectivity index (χ2v) is 8.47. The van der Waals surface area contributed by atoms with Crippen LogP contribution in [0.4, 0.5) is 10.5 Å². The van der Waals surface area contributed by atoms with Gasteiger partial charge >= 0.3 is 17.8 Å². The SMILES string of the molecule is CC(c1ccccc1)N1C(=O)C(=O)N(CC(=O)Nc2ccc3c(c2)OC2(CCCC2)O3)C1=O. The summed E-state index contributed by atoms with van der Waals surface area (Å²) in [6, 6.07) is 12.5. The molecule has 1 unspecified atom stereocenters. The molecule has 1 atom stereocenters. The number of hydrogen-bond acceptors (Lipinski definition) is 6. The standard InChI is InChI=1S/C24H23N3O6/c1-15(16-7-3-2-4-8-16)27-22(30)21(29)26(23(27)31)14-20(28)25-17-9-10-18-19(13-17)33-24(32-18)11-5-6-12-24/h2-4,7-10,13,15H,5-6,11-12,14H2,1H3,(H,25,28). The maximum Gasteiger partial charge on any atom is 0.335 e. The van der Waals surface area contributed by atoms with E-state index in [4.69, 9.17) is 9.47 Å². The van der Waals surface area contributed by atoms with E-state index in [1.165, 1.54) is 0 Å². The molecule has 1 aliphatic carbocycles. The molecule has 9 heteroatoms. The highest BCUT2D eigenvalue weighted by Gasteiger charge is 2.48. The van der Waals surface area contributed by atoms with Gasteiger partial charge in [0.15, 0.2) is 11.5 Å². The van der Waals surface area contributed by atoms with Crippen molar-refractivity contribution < 1.29 is 28.7 Å². The van der Waals surface area contributed by atoms with Gasteiger partial charge in [-0.05, 0) is 37.5 Å². The van der Waals surface area contributed by atoms with E-state index in [1.54, 1.807) is 49.4 Å². The first-order valence-electron chi connectivity index (χ1n) is 10.9. The average Bonchev–Trinajstić information content (AvgIpc) is 3.47. The Kier molecular flexibility index (Phi) is 5.03. The van der Waals surface area contributed by atoms with Crippen molar-refractivity contribution in [2.75, 3.05) is 11.9 Å². The zero-order valence-corrected chi connectivity index (χ0v) is 18.1. The Morgan fingerprint density at radius 3 is 2.42 bits per heavy atom. The largest absolute Gasteiger partial charge is 0.448 e. The summed E-state index contributed by atoms with van der Waals surface area (Å²) in [5.41, 5.74) is 1.15. The lowest BCUT2D eigenvalue weighted by Gasteiger charge is -2.22. The minimum Gasteiger partial charge on any atom is -0.448 e. The molecule has 1 saturated carbocycles. The number of nitrogens with one attached hydrogen (secondary N) is 1. The Hall–Kier alpha value is -3.88. The number of fused-ring (bicyclic) bond motifs is 1. The molecule has 3 aliphatic rings. The van der Waals surface area contributed by atoms with E-state index in [-0.39, 0.29) is 0 Å². The van der Waals surface area contributed by atoms with Gasteiger partial charge in [0, 0.05) is 24.6 Å². The van der Waals surface area contributed by atoms with E-state index in [9.17, 15) is 19.2 Å². The maximum atomic E-state index is 12.8. The average molecular weight is 449 g/mol. The summed E-state index contributed by atoms with van der Waals surface area (Å²) in [4.78, 5) is 51.9. The first-order chi connectivity index (χ1) is 15.9. The van der Waals surface area contributed by atoms with Crippen LogP contribution in [0.3, 0.4) is 0 Å². The van der Waals surface area contributed by atoms with Gasteiger partial charge in [-0.3, -0.25) is 14.4 Å². The van der Waals surface area contributed by atoms with Gasteiger partial charge in [0.25, 0.3) is 5.79 Å². The fraction of sp³-hybridized carbons (Fsp3) is 0.333. The van der Waals surface area contributed by atoms with E-state index < -0.39 is 42.1 Å². The van der Waals surface area contributed by atoms with Crippen LogP contribution in [0.5, 0.6) is 11.5 Å². The number of carbonyl (C=O) groups excluding carboxylic acids is 4. The van der Waals surface area contributed by atoms with Gasteiger partial charge in [-0.2, -0.15) is 0 Å². The number of carbonyl (C=O) groups is 4. The number of urea groups is 1. The third kappa shape index (κ3) is 3.69. The van der Waals surface area contributed by atoms with Crippen LogP contribution in [-0.4, -0.2) is 45.9 Å². The first kappa shape index (κ1) is 21.0. The Labute approximate surface area is 190 Å². The molecule has 1 saturated heterocycles. The third-order valence-electron chi connectivity index (χ3n) is 6.24. The number of imide groups is 2. The molecular weight excluding hydrogens is 426 g/mol. The Morgan fingerprint density at radius 1 is 1.00 bits per heavy atom. The number of nitrogens with zero attached hydrogens (tertiary/aromatic N) is 2. The first-order valence-corrected chi connectivity index (χ1v) is 10.9. The predicted molar refractivity (Wildman–Crippen MR) is 116 cm³/mol. The minimum atomic E-state index is -1.02. The van der Waals surface area contributed by atoms with Crippen LogP contribution in [0.15, 0.2) is 48.5 Å². The van der Waals surface area contributed by atoms with Crippen molar-refractivity contribution in [3.8, 4) is 11.5 Å². The highest BCUT2D eigenvalue weighted by molar-refractivity contribution is 6.45. The molecule has 1 N–H and O–H groups in total. The molecular formula is C24H23N3O6. The molecule has 0 bridgehead atoms. The van der Waals surface area contributed by atoms with Gasteiger partial charge in [0.2, 0.25) is 5.91 Å². The second kappa shape index (κ2) is 7.91. The smallest absolute Gasteiger partial charge is 0.335 e. The lowest BCUT2D eigenvalue weighted by molar-refractivity contribution is -0.144. The van der Waals surface area contributed by atoms with E-state index in [1.807, 2.05) is 6.07 Å². The van der Waals surface area contributed by atoms with E-state index >= 15 is 0 Å². The Bertz CT molecular complexity index is 1140. The third-order valence-corrected chi connectivity index (χ3v) is 6.24. The quantitative estimate of drug-likeness (QED) is 0.555. The number of benzene rings is 2. The van der Waals surface area contributed by atoms with Crippen LogP contribution in [0.2, 0.25) is 0 Å². The van der Waals surface area contributed by atoms with Crippen molar-refractivity contribution in [3.63, 3.8) is 0 Å². The zero-order valence-electron chi connectivity index (χ0n) is 18.1. The summed E-state index contributed by atoms with van der Waals surface area (Å²) in [5.74, 6) is -2.02. The number of anilines is 1. The number of ether oxygens (including phenoxy) is 2. The van der Waals surface area contributed by atoms with Crippen LogP contribution >= 0.6 is 0 Å². The van der Waals surface area contributed by atoms with Crippen molar-refractivity contribution in [3.05, 3.63) is 54.1 Å². The number of hydrogen-bond donors (Lipinski definition) is 1. The summed E-state index contributed by atoms with van der Waals surface area (Å²) in [5, 5.41) is 2.66. The molecule has 5 rings (SSSR count). The summed E-state index contributed by atoms with van der Waals surface area (Å²) in [6.07, 6.45) is 3.70. The van der Waals surface area contributed by atoms with Crippen molar-refractivity contribution in [1.82, 2.24) is 9.80 Å². The molecule has 0 radical (unpaired) electrons. The Morgan fingerprint density at radius 2 is 1.70 bits per heavy atom. The van der Waals surface area contributed by atoms with Gasteiger partial charge < -0.3 is 14.8 Å². The number of amides is 5. The lowest BCUT2D eigenvalue weighted by atomic mass is 10.1. The summed E-state index contributed by atoms with van der Waals surface area (Å²) < 4.78 is 12.0. The molecule has 1 spiro atoms. The molecule has 170 valence electrons. The van der Waals surface area contributed by atoms with E-state index in [2.05, 4.69) is 5.32 Å². The topological polar surface area (TPSA) is 105 Å². The normalized spacial score (nSPS) is 19.5. The van der Waals surface area contributed by atoms with Crippen molar-refractivity contribution in [2.45, 2.75) is 44.4 Å². The molecule has 2 heterocycles. The van der Waals surface area contributed by atoms with Crippen molar-refractivity contribution in [2.24, 2.45) is 0 Å². The molecule has 2 aliphatic heterocycles. The fourth-order valence-electron chi connectivity index (χ4n) is 4.52. The molecule has 2 aromatic rings. The lowest BCUT2D eigenvalue weighted by Crippen LogP contribution is -2.39. The van der Waals surface area contributed by atoms with Crippen molar-refractivity contribution in [1.29, 1.82) is 0 Å². The minimum absolute atomic E-state index is 0.442. The molecule has 9 nitrogen and oxygen atoms in total. The van der Waals surface area contributed by atoms with Gasteiger partial charge in [-0.1, -0.05) is 30.3 Å². The van der Waals surface area contributed by atoms with Crippen LogP contribution in [0.1, 0.15) is 44.2 Å². The van der Waals surface area contributed by atoms with Crippen LogP contribution < -0.4 is 14.8 Å². The highest BCUT2D eigenvalue weighted by Crippen LogP contribution is 2.47. The van der Waals surface area contributed by atoms with Crippen LogP contribution in [-0.2, 0) is 14.4 Å². The van der Waals surface area contributed by atoms with Crippen molar-refractivity contribution >= 4 is 29.4 Å². The van der Waals surface area contributed by atoms with Gasteiger partial charge in [-0.25, -0.2) is 14.6 Å². The van der Waals surface area contributed by atoms with Crippen LogP contribution in [0.25, 0.3) is 0 Å². The highest BCUT2D eigenvalue weighted by atomic mass is 16.7. The zero-order chi connectivity index (χ0) is 23.2. The maximum absolute atomic E-state index is 12.8. The van der Waals surface area contributed by atoms with Gasteiger partial charge in [-0.15, -0.1) is 0 Å². The van der Waals surface area contributed by atoms with E-state index in [0.29, 0.717) is 27.6 Å². The second-order valence-electron chi connectivity index (χ2n) is 8.47. The monoisotopic (exact) mass is 449 g/mol. The van der Waals surface area contributed by atoms with E-state index in [0.717, 1.165) is 30.6 Å². The van der Waals surface area contributed by atoms with Crippen LogP contribution in [0, 0.1) is 0 Å². The van der Waals surface area contributed by atoms with Gasteiger partial charge in [0.1, 0.15) is 6.54 Å². The summed E-state index contributed by atoms with van der Waals surface area (Å²) >= 11 is 0. The fourth-order valence-corrected chi connectivity index (χ4v) is 4.52. The van der Waals surface area contributed by atoms with Gasteiger partial charge in [0.05, 0.1) is 6.04 Å². The molecule has 0 aromatic heterocycles. The predicted octanol–water partition coefficient (Wildman–Crippen LogP) is 3.22. The summed E-state index contributed by atoms with van der Waals surface area (Å²) in [7, 11) is 0. The molecule has 5 amide bonds. The number of rotatable bonds is 5. The Balaban J connectivity index is 1.25. The molecule has 33 heavy (non-hydrogen) atoms.